The summed E-state index contributed by atoms with van der Waals surface area (Å²) >= 11 is 0. The zero-order valence-corrected chi connectivity index (χ0v) is 11.6. The number of hydrogen-bond donors (Lipinski definition) is 2. The molecule has 0 aliphatic heterocycles. The molecular formula is C13H20N2O2S. The fourth-order valence-corrected chi connectivity index (χ4v) is 3.03. The highest BCUT2D eigenvalue weighted by molar-refractivity contribution is 7.89. The summed E-state index contributed by atoms with van der Waals surface area (Å²) in [4.78, 5) is 0.283. The topological polar surface area (TPSA) is 72.2 Å². The van der Waals surface area contributed by atoms with E-state index in [0.717, 1.165) is 5.56 Å². The first-order valence-electron chi connectivity index (χ1n) is 6.00. The van der Waals surface area contributed by atoms with Gasteiger partial charge in [-0.15, -0.1) is 0 Å². The van der Waals surface area contributed by atoms with Gasteiger partial charge in [0.1, 0.15) is 0 Å². The molecule has 3 N–H and O–H groups in total. The average Bonchev–Trinajstić information content (AvgIpc) is 2.35. The molecule has 0 aliphatic rings. The van der Waals surface area contributed by atoms with Crippen molar-refractivity contribution in [1.29, 1.82) is 0 Å². The van der Waals surface area contributed by atoms with Crippen LogP contribution in [-0.4, -0.2) is 15.0 Å². The molecule has 100 valence electrons. The number of benzene rings is 1. The van der Waals surface area contributed by atoms with E-state index in [2.05, 4.69) is 4.72 Å². The van der Waals surface area contributed by atoms with Crippen molar-refractivity contribution in [3.05, 3.63) is 35.9 Å². The van der Waals surface area contributed by atoms with Crippen molar-refractivity contribution in [3.8, 4) is 0 Å². The van der Waals surface area contributed by atoms with Crippen LogP contribution in [0.25, 0.3) is 0 Å². The molecule has 5 heteroatoms. The molecule has 0 bridgehead atoms. The molecule has 1 rings (SSSR count). The molecule has 0 heterocycles. The van der Waals surface area contributed by atoms with E-state index in [9.17, 15) is 8.42 Å². The molecule has 0 fully saturated rings. The fourth-order valence-electron chi connectivity index (χ4n) is 1.63. The number of aryl methyl sites for hydroxylation is 1. The molecule has 0 atom stereocenters. The van der Waals surface area contributed by atoms with Gasteiger partial charge in [-0.25, -0.2) is 13.1 Å². The van der Waals surface area contributed by atoms with Crippen molar-refractivity contribution in [3.63, 3.8) is 0 Å². The number of nitrogens with two attached hydrogens (primary N) is 1. The second kappa shape index (κ2) is 6.56. The van der Waals surface area contributed by atoms with Crippen LogP contribution in [0, 0.1) is 0 Å². The van der Waals surface area contributed by atoms with E-state index in [1.807, 2.05) is 26.0 Å². The van der Waals surface area contributed by atoms with E-state index in [0.29, 0.717) is 25.1 Å². The third-order valence-electron chi connectivity index (χ3n) is 2.60. The Morgan fingerprint density at radius 3 is 2.72 bits per heavy atom. The molecule has 0 unspecified atom stereocenters. The predicted molar refractivity (Wildman–Crippen MR) is 74.9 cm³/mol. The number of nitrogens with one attached hydrogen (secondary N) is 1. The lowest BCUT2D eigenvalue weighted by Gasteiger charge is -2.10. The van der Waals surface area contributed by atoms with Crippen molar-refractivity contribution < 1.29 is 8.42 Å². The van der Waals surface area contributed by atoms with E-state index in [1.54, 1.807) is 12.1 Å². The van der Waals surface area contributed by atoms with Crippen LogP contribution in [0.5, 0.6) is 0 Å². The van der Waals surface area contributed by atoms with Gasteiger partial charge in [0.15, 0.2) is 0 Å². The van der Waals surface area contributed by atoms with E-state index in [-0.39, 0.29) is 4.90 Å². The van der Waals surface area contributed by atoms with Crippen LogP contribution in [-0.2, 0) is 16.4 Å². The van der Waals surface area contributed by atoms with E-state index < -0.39 is 10.0 Å². The van der Waals surface area contributed by atoms with Crippen LogP contribution in [0.2, 0.25) is 0 Å². The Kier molecular flexibility index (Phi) is 5.37. The summed E-state index contributed by atoms with van der Waals surface area (Å²) in [6, 6.07) is 4.99. The van der Waals surface area contributed by atoms with E-state index >= 15 is 0 Å². The second-order valence-electron chi connectivity index (χ2n) is 3.98. The maximum atomic E-state index is 12.1. The molecule has 4 nitrogen and oxygen atoms in total. The van der Waals surface area contributed by atoms with Gasteiger partial charge in [-0.3, -0.25) is 0 Å². The molecule has 0 aromatic heterocycles. The van der Waals surface area contributed by atoms with Gasteiger partial charge < -0.3 is 5.73 Å². The van der Waals surface area contributed by atoms with Crippen molar-refractivity contribution in [2.24, 2.45) is 0 Å². The van der Waals surface area contributed by atoms with E-state index in [4.69, 9.17) is 5.73 Å². The predicted octanol–water partition coefficient (Wildman–Crippen LogP) is 2.08. The standard InChI is InChI=1S/C13H20N2O2S/c1-3-5-6-9-15-18(16,17)13-10-12(14)8-7-11(13)4-2/h3,5,7-8,10,15H,4,6,9,14H2,1-2H3/b5-3+. The summed E-state index contributed by atoms with van der Waals surface area (Å²) in [6.07, 6.45) is 5.15. The van der Waals surface area contributed by atoms with Gasteiger partial charge in [0.2, 0.25) is 10.0 Å². The van der Waals surface area contributed by atoms with Gasteiger partial charge in [0.05, 0.1) is 4.90 Å². The van der Waals surface area contributed by atoms with Crippen LogP contribution >= 0.6 is 0 Å². The zero-order valence-electron chi connectivity index (χ0n) is 10.8. The van der Waals surface area contributed by atoms with Crippen LogP contribution in [0.15, 0.2) is 35.2 Å². The lowest BCUT2D eigenvalue weighted by molar-refractivity contribution is 0.581. The number of rotatable bonds is 6. The van der Waals surface area contributed by atoms with Crippen molar-refractivity contribution >= 4 is 15.7 Å². The fraction of sp³-hybridized carbons (Fsp3) is 0.385. The summed E-state index contributed by atoms with van der Waals surface area (Å²) < 4.78 is 26.9. The largest absolute Gasteiger partial charge is 0.399 e. The summed E-state index contributed by atoms with van der Waals surface area (Å²) in [7, 11) is -3.47. The molecule has 0 spiro atoms. The molecule has 0 saturated heterocycles. The lowest BCUT2D eigenvalue weighted by Crippen LogP contribution is -2.25. The Bertz CT molecular complexity index is 522. The van der Waals surface area contributed by atoms with Crippen LogP contribution < -0.4 is 10.5 Å². The average molecular weight is 268 g/mol. The van der Waals surface area contributed by atoms with Gasteiger partial charge in [0, 0.05) is 12.2 Å². The first-order valence-corrected chi connectivity index (χ1v) is 7.48. The molecule has 0 aliphatic carbocycles. The highest BCUT2D eigenvalue weighted by Gasteiger charge is 2.17. The highest BCUT2D eigenvalue weighted by atomic mass is 32.2. The van der Waals surface area contributed by atoms with E-state index in [1.165, 1.54) is 6.07 Å². The Balaban J connectivity index is 2.93. The zero-order chi connectivity index (χ0) is 13.6. The Morgan fingerprint density at radius 1 is 1.39 bits per heavy atom. The lowest BCUT2D eigenvalue weighted by atomic mass is 10.1. The summed E-state index contributed by atoms with van der Waals surface area (Å²) in [5.41, 5.74) is 6.89. The van der Waals surface area contributed by atoms with Gasteiger partial charge in [-0.1, -0.05) is 25.1 Å². The second-order valence-corrected chi connectivity index (χ2v) is 5.71. The molecule has 1 aromatic carbocycles. The quantitative estimate of drug-likeness (QED) is 0.471. The Morgan fingerprint density at radius 2 is 2.11 bits per heavy atom. The summed E-state index contributed by atoms with van der Waals surface area (Å²) in [6.45, 7) is 4.22. The Labute approximate surface area is 109 Å². The summed E-state index contributed by atoms with van der Waals surface area (Å²) in [5.74, 6) is 0. The van der Waals surface area contributed by atoms with Crippen LogP contribution in [0.4, 0.5) is 5.69 Å². The number of anilines is 1. The minimum Gasteiger partial charge on any atom is -0.399 e. The Hall–Kier alpha value is -1.33. The maximum absolute atomic E-state index is 12.1. The maximum Gasteiger partial charge on any atom is 0.240 e. The minimum atomic E-state index is -3.47. The first-order chi connectivity index (χ1) is 8.51. The monoisotopic (exact) mass is 268 g/mol. The third kappa shape index (κ3) is 3.85. The number of hydrogen-bond acceptors (Lipinski definition) is 3. The minimum absolute atomic E-state index is 0.283. The van der Waals surface area contributed by atoms with Crippen molar-refractivity contribution in [2.45, 2.75) is 31.6 Å². The molecule has 0 amide bonds. The molecule has 1 aromatic rings. The number of nitrogen functional groups attached to an aromatic ring is 1. The molecule has 18 heavy (non-hydrogen) atoms. The van der Waals surface area contributed by atoms with Gasteiger partial charge in [-0.2, -0.15) is 0 Å². The molecule has 0 radical (unpaired) electrons. The normalized spacial score (nSPS) is 12.1. The van der Waals surface area contributed by atoms with Crippen LogP contribution in [0.3, 0.4) is 0 Å². The molecule has 0 saturated carbocycles. The number of sulfonamides is 1. The third-order valence-corrected chi connectivity index (χ3v) is 4.14. The smallest absolute Gasteiger partial charge is 0.240 e. The van der Waals surface area contributed by atoms with Crippen LogP contribution in [0.1, 0.15) is 25.8 Å². The molecular weight excluding hydrogens is 248 g/mol. The van der Waals surface area contributed by atoms with Crippen molar-refractivity contribution in [1.82, 2.24) is 4.72 Å². The first kappa shape index (κ1) is 14.7. The van der Waals surface area contributed by atoms with Gasteiger partial charge in [0.25, 0.3) is 0 Å². The summed E-state index contributed by atoms with van der Waals surface area (Å²) in [5, 5.41) is 0. The van der Waals surface area contributed by atoms with Gasteiger partial charge in [-0.05, 0) is 37.5 Å². The van der Waals surface area contributed by atoms with Crippen molar-refractivity contribution in [2.75, 3.05) is 12.3 Å². The highest BCUT2D eigenvalue weighted by Crippen LogP contribution is 2.19. The number of allylic oxidation sites excluding steroid dienone is 1. The SMILES string of the molecule is C/C=C/CCNS(=O)(=O)c1cc(N)ccc1CC. The van der Waals surface area contributed by atoms with Gasteiger partial charge >= 0.3 is 0 Å².